The largest absolute Gasteiger partial charge is 0.312 e. The van der Waals surface area contributed by atoms with E-state index >= 15 is 0 Å². The first-order chi connectivity index (χ1) is 11.6. The van der Waals surface area contributed by atoms with Crippen molar-refractivity contribution in [3.63, 3.8) is 0 Å². The number of nitrogens with zero attached hydrogens (tertiary/aromatic N) is 3. The van der Waals surface area contributed by atoms with Gasteiger partial charge in [-0.2, -0.15) is 0 Å². The van der Waals surface area contributed by atoms with Crippen molar-refractivity contribution in [2.24, 2.45) is 22.7 Å². The maximum atomic E-state index is 5.56. The number of rotatable bonds is 7. The molecule has 1 fully saturated rings. The molecule has 1 heterocycles. The molecule has 0 N–H and O–H groups in total. The van der Waals surface area contributed by atoms with Crippen LogP contribution in [0.1, 0.15) is 71.5 Å². The van der Waals surface area contributed by atoms with Crippen LogP contribution in [0.25, 0.3) is 5.57 Å². The highest BCUT2D eigenvalue weighted by molar-refractivity contribution is 5.70. The van der Waals surface area contributed by atoms with Gasteiger partial charge in [0.25, 0.3) is 0 Å². The van der Waals surface area contributed by atoms with Crippen LogP contribution in [0.5, 0.6) is 0 Å². The van der Waals surface area contributed by atoms with Gasteiger partial charge in [0.1, 0.15) is 5.69 Å². The fourth-order valence-corrected chi connectivity index (χ4v) is 4.52. The van der Waals surface area contributed by atoms with Crippen molar-refractivity contribution in [1.82, 2.24) is 9.55 Å². The summed E-state index contributed by atoms with van der Waals surface area (Å²) in [5.74, 6) is 5.89. The average molecular weight is 326 g/mol. The minimum Gasteiger partial charge on any atom is -0.312 e. The first-order valence-corrected chi connectivity index (χ1v) is 9.23. The molecule has 0 amide bonds. The lowest BCUT2D eigenvalue weighted by Gasteiger charge is -2.26. The van der Waals surface area contributed by atoms with Gasteiger partial charge in [-0.15, -0.1) is 12.3 Å². The maximum Gasteiger partial charge on any atom is 0.159 e. The summed E-state index contributed by atoms with van der Waals surface area (Å²) in [6.45, 7) is 12.6. The van der Waals surface area contributed by atoms with Gasteiger partial charge in [0, 0.05) is 18.7 Å². The Hall–Kier alpha value is -1.82. The number of aromatic nitrogens is 2. The van der Waals surface area contributed by atoms with Crippen molar-refractivity contribution in [2.75, 3.05) is 0 Å². The van der Waals surface area contributed by atoms with E-state index in [1.165, 1.54) is 19.3 Å². The Balaban J connectivity index is 2.44. The predicted octanol–water partition coefficient (Wildman–Crippen LogP) is 5.67. The molecule has 0 aromatic carbocycles. The summed E-state index contributed by atoms with van der Waals surface area (Å²) in [7, 11) is 0. The molecule has 2 rings (SSSR count). The van der Waals surface area contributed by atoms with E-state index in [0.717, 1.165) is 41.8 Å². The molecular weight excluding hydrogens is 294 g/mol. The van der Waals surface area contributed by atoms with Gasteiger partial charge in [-0.1, -0.05) is 33.3 Å². The molecule has 0 aliphatic heterocycles. The summed E-state index contributed by atoms with van der Waals surface area (Å²) >= 11 is 0. The van der Waals surface area contributed by atoms with Crippen LogP contribution in [0, 0.1) is 30.1 Å². The van der Waals surface area contributed by atoms with Gasteiger partial charge in [0.2, 0.25) is 0 Å². The lowest BCUT2D eigenvalue weighted by atomic mass is 9.83. The van der Waals surface area contributed by atoms with E-state index in [9.17, 15) is 0 Å². The number of hydrogen-bond acceptors (Lipinski definition) is 2. The third kappa shape index (κ3) is 3.48. The van der Waals surface area contributed by atoms with Gasteiger partial charge in [-0.05, 0) is 50.0 Å². The molecule has 0 spiro atoms. The molecule has 4 unspecified atom stereocenters. The normalized spacial score (nSPS) is 26.8. The van der Waals surface area contributed by atoms with Crippen molar-refractivity contribution in [2.45, 2.75) is 65.8 Å². The minimum atomic E-state index is 0.438. The van der Waals surface area contributed by atoms with E-state index < -0.39 is 0 Å². The van der Waals surface area contributed by atoms with Crippen LogP contribution in [0.3, 0.4) is 0 Å². The zero-order valence-electron chi connectivity index (χ0n) is 15.6. The van der Waals surface area contributed by atoms with E-state index in [4.69, 9.17) is 6.42 Å². The lowest BCUT2D eigenvalue weighted by molar-refractivity contribution is 0.258. The second-order valence-electron chi connectivity index (χ2n) is 6.94. The van der Waals surface area contributed by atoms with Crippen molar-refractivity contribution in [1.29, 1.82) is 0 Å². The van der Waals surface area contributed by atoms with Gasteiger partial charge in [-0.3, -0.25) is 0 Å². The van der Waals surface area contributed by atoms with Crippen LogP contribution in [0.2, 0.25) is 0 Å². The van der Waals surface area contributed by atoms with Crippen LogP contribution < -0.4 is 0 Å². The molecule has 1 aromatic rings. The van der Waals surface area contributed by atoms with Gasteiger partial charge in [0.05, 0.1) is 6.33 Å². The van der Waals surface area contributed by atoms with Crippen LogP contribution in [-0.4, -0.2) is 15.8 Å². The van der Waals surface area contributed by atoms with E-state index in [2.05, 4.69) is 40.9 Å². The van der Waals surface area contributed by atoms with Crippen molar-refractivity contribution in [3.8, 4) is 12.3 Å². The van der Waals surface area contributed by atoms with E-state index in [1.54, 1.807) is 0 Å². The molecule has 3 heteroatoms. The molecule has 1 aliphatic rings. The second-order valence-corrected chi connectivity index (χ2v) is 6.94. The van der Waals surface area contributed by atoms with Crippen LogP contribution >= 0.6 is 0 Å². The molecule has 0 saturated heterocycles. The molecule has 130 valence electrons. The summed E-state index contributed by atoms with van der Waals surface area (Å²) in [5, 5.41) is 0. The van der Waals surface area contributed by atoms with Crippen LogP contribution in [-0.2, 0) is 0 Å². The molecule has 1 saturated carbocycles. The highest BCUT2D eigenvalue weighted by atomic mass is 15.2. The molecule has 0 bridgehead atoms. The van der Waals surface area contributed by atoms with Crippen molar-refractivity contribution in [3.05, 3.63) is 18.6 Å². The lowest BCUT2D eigenvalue weighted by Crippen LogP contribution is -2.19. The second kappa shape index (κ2) is 8.33. The number of imidazole rings is 1. The number of terminal acetylenes is 1. The molecule has 3 nitrogen and oxygen atoms in total. The van der Waals surface area contributed by atoms with Crippen LogP contribution in [0.4, 0.5) is 5.82 Å². The monoisotopic (exact) mass is 325 g/mol. The summed E-state index contributed by atoms with van der Waals surface area (Å²) in [4.78, 5) is 9.23. The Morgan fingerprint density at radius 3 is 2.75 bits per heavy atom. The number of hydrogen-bond donors (Lipinski definition) is 0. The third-order valence-electron chi connectivity index (χ3n) is 5.59. The Kier molecular flexibility index (Phi) is 6.43. The molecule has 0 radical (unpaired) electrons. The van der Waals surface area contributed by atoms with E-state index in [-0.39, 0.29) is 0 Å². The maximum absolute atomic E-state index is 5.56. The zero-order chi connectivity index (χ0) is 17.7. The Bertz CT molecular complexity index is 632. The van der Waals surface area contributed by atoms with Gasteiger partial charge in [0.15, 0.2) is 5.82 Å². The number of aliphatic imine (C=N–C) groups is 1. The first kappa shape index (κ1) is 18.5. The Morgan fingerprint density at radius 1 is 1.46 bits per heavy atom. The molecular formula is C21H31N3. The predicted molar refractivity (Wildman–Crippen MR) is 104 cm³/mol. The zero-order valence-corrected chi connectivity index (χ0v) is 15.6. The highest BCUT2D eigenvalue weighted by Crippen LogP contribution is 2.50. The fraction of sp³-hybridized carbons (Fsp3) is 0.619. The Morgan fingerprint density at radius 2 is 2.21 bits per heavy atom. The molecule has 1 aromatic heterocycles. The topological polar surface area (TPSA) is 30.2 Å². The minimum absolute atomic E-state index is 0.438. The van der Waals surface area contributed by atoms with Gasteiger partial charge in [-0.25, -0.2) is 9.98 Å². The van der Waals surface area contributed by atoms with Crippen molar-refractivity contribution < 1.29 is 0 Å². The summed E-state index contributed by atoms with van der Waals surface area (Å²) < 4.78 is 2.30. The van der Waals surface area contributed by atoms with Crippen molar-refractivity contribution >= 4 is 17.6 Å². The van der Waals surface area contributed by atoms with E-state index in [0.29, 0.717) is 12.0 Å². The number of allylic oxidation sites excluding steroid dienone is 1. The fourth-order valence-electron chi connectivity index (χ4n) is 4.52. The molecule has 1 aliphatic carbocycles. The van der Waals surface area contributed by atoms with Gasteiger partial charge < -0.3 is 4.57 Å². The third-order valence-corrected chi connectivity index (χ3v) is 5.59. The quantitative estimate of drug-likeness (QED) is 0.469. The molecule has 4 atom stereocenters. The highest BCUT2D eigenvalue weighted by Gasteiger charge is 2.42. The summed E-state index contributed by atoms with van der Waals surface area (Å²) in [6, 6.07) is 0.438. The van der Waals surface area contributed by atoms with Gasteiger partial charge >= 0.3 is 0 Å². The standard InChI is InChI=1S/C21H31N3/c1-7-11-12-18-17(9-3)16(8-2)13-19(18)24-14-23-20(15(5)6)21(24)22-10-4/h1,10,14,16-19H,5,8-9,11-13H2,2-4,6H3. The first-order valence-electron chi connectivity index (χ1n) is 9.23. The Labute approximate surface area is 147 Å². The summed E-state index contributed by atoms with van der Waals surface area (Å²) in [5.41, 5.74) is 1.88. The van der Waals surface area contributed by atoms with E-state index in [1.807, 2.05) is 26.4 Å². The summed E-state index contributed by atoms with van der Waals surface area (Å²) in [6.07, 6.45) is 15.0. The van der Waals surface area contributed by atoms with Crippen LogP contribution in [0.15, 0.2) is 17.9 Å². The SMILES string of the molecule is C#CCCC1C(CC)C(CC)CC1n1cnc(C(=C)C)c1N=CC. The average Bonchev–Trinajstić information content (AvgIpc) is 3.13. The smallest absolute Gasteiger partial charge is 0.159 e. The molecule has 24 heavy (non-hydrogen) atoms.